The van der Waals surface area contributed by atoms with E-state index >= 15 is 0 Å². The number of β-amino-alcohol motifs (C(OH)–C–C–N with tert-alkyl or cyclic N) is 1. The van der Waals surface area contributed by atoms with E-state index in [2.05, 4.69) is 0 Å². The monoisotopic (exact) mass is 216 g/mol. The summed E-state index contributed by atoms with van der Waals surface area (Å²) in [6, 6.07) is 0. The molecule has 0 spiro atoms. The lowest BCUT2D eigenvalue weighted by atomic mass is 9.95. The van der Waals surface area contributed by atoms with E-state index in [4.69, 9.17) is 4.84 Å². The van der Waals surface area contributed by atoms with Crippen LogP contribution in [0.1, 0.15) is 13.8 Å². The molecule has 1 atom stereocenters. The van der Waals surface area contributed by atoms with Crippen LogP contribution in [0.3, 0.4) is 0 Å². The van der Waals surface area contributed by atoms with E-state index in [0.717, 1.165) is 0 Å². The smallest absolute Gasteiger partial charge is 0.254 e. The minimum atomic E-state index is -0.571. The Morgan fingerprint density at radius 3 is 2.60 bits per heavy atom. The van der Waals surface area contributed by atoms with Crippen LogP contribution in [-0.2, 0) is 9.63 Å². The molecule has 5 heteroatoms. The summed E-state index contributed by atoms with van der Waals surface area (Å²) < 4.78 is 0. The normalized spacial score (nSPS) is 22.5. The van der Waals surface area contributed by atoms with E-state index in [0.29, 0.717) is 13.2 Å². The molecule has 1 N–H and O–H groups in total. The number of hydroxylamine groups is 2. The lowest BCUT2D eigenvalue weighted by Gasteiger charge is -2.21. The molecule has 1 aliphatic heterocycles. The molecule has 0 radical (unpaired) electrons. The Balaban J connectivity index is 2.44. The molecule has 1 fully saturated rings. The second-order valence-corrected chi connectivity index (χ2v) is 4.94. The Kier molecular flexibility index (Phi) is 3.70. The zero-order chi connectivity index (χ0) is 11.6. The van der Waals surface area contributed by atoms with Gasteiger partial charge >= 0.3 is 0 Å². The van der Waals surface area contributed by atoms with Crippen molar-refractivity contribution in [1.29, 1.82) is 0 Å². The second-order valence-electron chi connectivity index (χ2n) is 4.94. The summed E-state index contributed by atoms with van der Waals surface area (Å²) in [6.07, 6.45) is -0.571. The van der Waals surface area contributed by atoms with Crippen molar-refractivity contribution in [3.05, 3.63) is 0 Å². The molecule has 88 valence electrons. The molecule has 1 aliphatic rings. The SMILES string of the molecule is CN(C)CC(O)CN1OCC(C)(C)C1=O. The summed E-state index contributed by atoms with van der Waals surface area (Å²) in [5.74, 6) is -0.0553. The van der Waals surface area contributed by atoms with Gasteiger partial charge in [-0.3, -0.25) is 9.63 Å². The highest BCUT2D eigenvalue weighted by molar-refractivity contribution is 5.82. The zero-order valence-electron chi connectivity index (χ0n) is 9.86. The molecule has 0 aromatic rings. The van der Waals surface area contributed by atoms with Crippen molar-refractivity contribution in [3.63, 3.8) is 0 Å². The molecule has 0 aromatic carbocycles. The topological polar surface area (TPSA) is 53.0 Å². The summed E-state index contributed by atoms with van der Waals surface area (Å²) in [6.45, 7) is 4.83. The Morgan fingerprint density at radius 1 is 1.60 bits per heavy atom. The maximum absolute atomic E-state index is 11.7. The molecular formula is C10H20N2O3. The molecule has 1 heterocycles. The number of nitrogens with zero attached hydrogens (tertiary/aromatic N) is 2. The number of carbonyl (C=O) groups is 1. The van der Waals surface area contributed by atoms with Gasteiger partial charge in [0.05, 0.1) is 24.7 Å². The first-order valence-corrected chi connectivity index (χ1v) is 5.10. The van der Waals surface area contributed by atoms with Crippen LogP contribution in [0.2, 0.25) is 0 Å². The number of rotatable bonds is 4. The van der Waals surface area contributed by atoms with Crippen LogP contribution in [0.4, 0.5) is 0 Å². The van der Waals surface area contributed by atoms with E-state index in [1.807, 2.05) is 32.8 Å². The van der Waals surface area contributed by atoms with Gasteiger partial charge in [0.15, 0.2) is 0 Å². The lowest BCUT2D eigenvalue weighted by molar-refractivity contribution is -0.168. The molecule has 1 saturated heterocycles. The van der Waals surface area contributed by atoms with Gasteiger partial charge in [0, 0.05) is 6.54 Å². The highest BCUT2D eigenvalue weighted by atomic mass is 16.7. The van der Waals surface area contributed by atoms with Gasteiger partial charge < -0.3 is 10.0 Å². The van der Waals surface area contributed by atoms with Crippen molar-refractivity contribution in [2.24, 2.45) is 5.41 Å². The van der Waals surface area contributed by atoms with Gasteiger partial charge in [-0.1, -0.05) is 0 Å². The predicted molar refractivity (Wildman–Crippen MR) is 56.0 cm³/mol. The largest absolute Gasteiger partial charge is 0.390 e. The van der Waals surface area contributed by atoms with E-state index in [-0.39, 0.29) is 12.5 Å². The Hall–Kier alpha value is -0.650. The lowest BCUT2D eigenvalue weighted by Crippen LogP contribution is -2.40. The molecule has 1 unspecified atom stereocenters. The zero-order valence-corrected chi connectivity index (χ0v) is 9.86. The minimum Gasteiger partial charge on any atom is -0.390 e. The van der Waals surface area contributed by atoms with E-state index in [9.17, 15) is 9.90 Å². The average molecular weight is 216 g/mol. The number of carbonyl (C=O) groups excluding carboxylic acids is 1. The quantitative estimate of drug-likeness (QED) is 0.701. The van der Waals surface area contributed by atoms with Crippen LogP contribution in [0.5, 0.6) is 0 Å². The molecule has 0 aliphatic carbocycles. The summed E-state index contributed by atoms with van der Waals surface area (Å²) in [5, 5.41) is 10.9. The molecule has 5 nitrogen and oxygen atoms in total. The predicted octanol–water partition coefficient (Wildman–Crippen LogP) is -0.291. The average Bonchev–Trinajstić information content (AvgIpc) is 2.30. The third kappa shape index (κ3) is 3.15. The number of hydrogen-bond acceptors (Lipinski definition) is 4. The van der Waals surface area contributed by atoms with Crippen LogP contribution in [0.25, 0.3) is 0 Å². The van der Waals surface area contributed by atoms with Crippen molar-refractivity contribution < 1.29 is 14.7 Å². The fourth-order valence-corrected chi connectivity index (χ4v) is 1.50. The van der Waals surface area contributed by atoms with Gasteiger partial charge in [0.1, 0.15) is 0 Å². The summed E-state index contributed by atoms with van der Waals surface area (Å²) in [5.41, 5.74) is -0.460. The van der Waals surface area contributed by atoms with Crippen LogP contribution in [-0.4, -0.2) is 60.9 Å². The van der Waals surface area contributed by atoms with Crippen LogP contribution < -0.4 is 0 Å². The number of amides is 1. The maximum atomic E-state index is 11.7. The Bertz CT molecular complexity index is 241. The fraction of sp³-hybridized carbons (Fsp3) is 0.900. The van der Waals surface area contributed by atoms with Gasteiger partial charge in [-0.15, -0.1) is 0 Å². The first-order valence-electron chi connectivity index (χ1n) is 5.10. The summed E-state index contributed by atoms with van der Waals surface area (Å²) in [7, 11) is 3.75. The van der Waals surface area contributed by atoms with Gasteiger partial charge in [0.2, 0.25) is 0 Å². The Morgan fingerprint density at radius 2 is 2.20 bits per heavy atom. The fourth-order valence-electron chi connectivity index (χ4n) is 1.50. The van der Waals surface area contributed by atoms with Crippen LogP contribution in [0.15, 0.2) is 0 Å². The molecule has 1 amide bonds. The van der Waals surface area contributed by atoms with Crippen molar-refractivity contribution in [2.75, 3.05) is 33.8 Å². The second kappa shape index (κ2) is 4.47. The van der Waals surface area contributed by atoms with Crippen molar-refractivity contribution in [1.82, 2.24) is 9.96 Å². The maximum Gasteiger partial charge on any atom is 0.254 e. The number of hydrogen-bond donors (Lipinski definition) is 1. The number of aliphatic hydroxyl groups is 1. The summed E-state index contributed by atoms with van der Waals surface area (Å²) >= 11 is 0. The van der Waals surface area contributed by atoms with Crippen molar-refractivity contribution in [2.45, 2.75) is 20.0 Å². The third-order valence-electron chi connectivity index (χ3n) is 2.34. The molecule has 1 rings (SSSR count). The highest BCUT2D eigenvalue weighted by Gasteiger charge is 2.40. The van der Waals surface area contributed by atoms with E-state index < -0.39 is 11.5 Å². The third-order valence-corrected chi connectivity index (χ3v) is 2.34. The number of aliphatic hydroxyl groups excluding tert-OH is 1. The molecule has 15 heavy (non-hydrogen) atoms. The van der Waals surface area contributed by atoms with Gasteiger partial charge in [-0.05, 0) is 27.9 Å². The number of likely N-dealkylation sites (N-methyl/N-ethyl adjacent to an activating group) is 1. The van der Waals surface area contributed by atoms with Gasteiger partial charge in [-0.2, -0.15) is 0 Å². The van der Waals surface area contributed by atoms with Crippen molar-refractivity contribution in [3.8, 4) is 0 Å². The van der Waals surface area contributed by atoms with Crippen LogP contribution >= 0.6 is 0 Å². The van der Waals surface area contributed by atoms with E-state index in [1.165, 1.54) is 5.06 Å². The standard InChI is InChI=1S/C10H20N2O3/c1-10(2)7-15-12(9(10)14)6-8(13)5-11(3)4/h8,13H,5-7H2,1-4H3. The minimum absolute atomic E-state index is 0.0553. The van der Waals surface area contributed by atoms with Crippen molar-refractivity contribution >= 4 is 5.91 Å². The molecule has 0 bridgehead atoms. The molecule has 0 saturated carbocycles. The van der Waals surface area contributed by atoms with Gasteiger partial charge in [-0.25, -0.2) is 5.06 Å². The highest BCUT2D eigenvalue weighted by Crippen LogP contribution is 2.26. The Labute approximate surface area is 90.6 Å². The first-order chi connectivity index (χ1) is 6.83. The molecular weight excluding hydrogens is 196 g/mol. The van der Waals surface area contributed by atoms with E-state index in [1.54, 1.807) is 0 Å². The van der Waals surface area contributed by atoms with Gasteiger partial charge in [0.25, 0.3) is 5.91 Å². The molecule has 0 aromatic heterocycles. The first kappa shape index (κ1) is 12.4. The van der Waals surface area contributed by atoms with Crippen LogP contribution in [0, 0.1) is 5.41 Å². The summed E-state index contributed by atoms with van der Waals surface area (Å²) in [4.78, 5) is 18.8.